The second-order valence-corrected chi connectivity index (χ2v) is 8.15. The summed E-state index contributed by atoms with van der Waals surface area (Å²) in [5.74, 6) is -0.715. The summed E-state index contributed by atoms with van der Waals surface area (Å²) in [4.78, 5) is 31.8. The van der Waals surface area contributed by atoms with Crippen LogP contribution in [0.1, 0.15) is 35.2 Å². The molecular weight excluding hydrogens is 404 g/mol. The molecule has 1 fully saturated rings. The molecule has 2 aliphatic rings. The summed E-state index contributed by atoms with van der Waals surface area (Å²) in [6, 6.07) is 17.7. The predicted octanol–water partition coefficient (Wildman–Crippen LogP) is 4.03. The minimum Gasteiger partial charge on any atom is -0.507 e. The SMILES string of the molecule is C[C@@H]1Cc2cc(C(O)=C3C(=O)C(=O)N(Cc4ccccc4)[C@@H]3c3ccncc3)ccc2O1. The van der Waals surface area contributed by atoms with Crippen molar-refractivity contribution in [1.82, 2.24) is 9.88 Å². The van der Waals surface area contributed by atoms with E-state index >= 15 is 0 Å². The number of pyridine rings is 1. The highest BCUT2D eigenvalue weighted by Crippen LogP contribution is 2.41. The van der Waals surface area contributed by atoms with E-state index in [-0.39, 0.29) is 24.0 Å². The lowest BCUT2D eigenvalue weighted by Gasteiger charge is -2.25. The molecule has 2 aliphatic heterocycles. The van der Waals surface area contributed by atoms with Crippen molar-refractivity contribution in [1.29, 1.82) is 0 Å². The molecule has 0 bridgehead atoms. The molecule has 32 heavy (non-hydrogen) atoms. The van der Waals surface area contributed by atoms with E-state index in [0.29, 0.717) is 5.56 Å². The molecule has 160 valence electrons. The van der Waals surface area contributed by atoms with Gasteiger partial charge in [0.2, 0.25) is 0 Å². The normalized spacial score (nSPS) is 21.5. The molecule has 3 heterocycles. The fourth-order valence-corrected chi connectivity index (χ4v) is 4.44. The third kappa shape index (κ3) is 3.43. The maximum absolute atomic E-state index is 13.1. The van der Waals surface area contributed by atoms with Gasteiger partial charge >= 0.3 is 0 Å². The van der Waals surface area contributed by atoms with Crippen LogP contribution in [0.2, 0.25) is 0 Å². The Morgan fingerprint density at radius 1 is 1.09 bits per heavy atom. The Morgan fingerprint density at radius 2 is 1.84 bits per heavy atom. The van der Waals surface area contributed by atoms with Crippen molar-refractivity contribution in [2.75, 3.05) is 0 Å². The fraction of sp³-hybridized carbons (Fsp3) is 0.192. The third-order valence-electron chi connectivity index (χ3n) is 5.93. The van der Waals surface area contributed by atoms with Crippen LogP contribution in [0.4, 0.5) is 0 Å². The number of aliphatic hydroxyl groups excluding tert-OH is 1. The number of ketones is 1. The standard InChI is InChI=1S/C26H22N2O4/c1-16-13-20-14-19(7-8-21(20)32-16)24(29)22-23(18-9-11-27-12-10-18)28(26(31)25(22)30)15-17-5-3-2-4-6-17/h2-12,14,16,23,29H,13,15H2,1H3/t16-,23-/m1/s1. The second-order valence-electron chi connectivity index (χ2n) is 8.15. The zero-order valence-corrected chi connectivity index (χ0v) is 17.6. The molecule has 2 aromatic carbocycles. The van der Waals surface area contributed by atoms with Gasteiger partial charge in [-0.25, -0.2) is 0 Å². The van der Waals surface area contributed by atoms with Gasteiger partial charge in [0.1, 0.15) is 17.6 Å². The largest absolute Gasteiger partial charge is 0.507 e. The Hall–Kier alpha value is -3.93. The van der Waals surface area contributed by atoms with E-state index in [9.17, 15) is 14.7 Å². The van der Waals surface area contributed by atoms with Gasteiger partial charge in [-0.15, -0.1) is 0 Å². The number of rotatable bonds is 4. The van der Waals surface area contributed by atoms with Crippen LogP contribution in [0, 0.1) is 0 Å². The second kappa shape index (κ2) is 7.96. The summed E-state index contributed by atoms with van der Waals surface area (Å²) in [5.41, 5.74) is 3.18. The number of aliphatic hydroxyl groups is 1. The summed E-state index contributed by atoms with van der Waals surface area (Å²) in [6.07, 6.45) is 4.03. The molecule has 6 nitrogen and oxygen atoms in total. The number of fused-ring (bicyclic) bond motifs is 1. The van der Waals surface area contributed by atoms with E-state index in [2.05, 4.69) is 4.98 Å². The van der Waals surface area contributed by atoms with Crippen molar-refractivity contribution in [3.63, 3.8) is 0 Å². The Bertz CT molecular complexity index is 1220. The van der Waals surface area contributed by atoms with Crippen LogP contribution in [0.15, 0.2) is 78.6 Å². The molecule has 0 aliphatic carbocycles. The fourth-order valence-electron chi connectivity index (χ4n) is 4.44. The van der Waals surface area contributed by atoms with Gasteiger partial charge in [0.25, 0.3) is 11.7 Å². The average molecular weight is 426 g/mol. The van der Waals surface area contributed by atoms with Crippen LogP contribution in [-0.4, -0.2) is 32.8 Å². The summed E-state index contributed by atoms with van der Waals surface area (Å²) >= 11 is 0. The van der Waals surface area contributed by atoms with Crippen molar-refractivity contribution >= 4 is 17.4 Å². The van der Waals surface area contributed by atoms with Gasteiger partial charge in [-0.2, -0.15) is 0 Å². The lowest BCUT2D eigenvalue weighted by molar-refractivity contribution is -0.140. The number of hydrogen-bond donors (Lipinski definition) is 1. The van der Waals surface area contributed by atoms with Crippen LogP contribution >= 0.6 is 0 Å². The van der Waals surface area contributed by atoms with Gasteiger partial charge in [-0.05, 0) is 53.9 Å². The number of hydrogen-bond acceptors (Lipinski definition) is 5. The van der Waals surface area contributed by atoms with Gasteiger partial charge in [0.15, 0.2) is 0 Å². The molecule has 6 heteroatoms. The summed E-state index contributed by atoms with van der Waals surface area (Å²) in [5, 5.41) is 11.2. The van der Waals surface area contributed by atoms with Gasteiger partial charge in [-0.3, -0.25) is 14.6 Å². The molecule has 5 rings (SSSR count). The Balaban J connectivity index is 1.62. The van der Waals surface area contributed by atoms with Gasteiger partial charge in [0, 0.05) is 30.9 Å². The first kappa shape index (κ1) is 20.0. The van der Waals surface area contributed by atoms with Gasteiger partial charge in [-0.1, -0.05) is 30.3 Å². The molecule has 0 radical (unpaired) electrons. The van der Waals surface area contributed by atoms with E-state index in [0.717, 1.165) is 28.9 Å². The molecule has 0 unspecified atom stereocenters. The number of benzene rings is 2. The zero-order valence-electron chi connectivity index (χ0n) is 17.6. The number of likely N-dealkylation sites (tertiary alicyclic amines) is 1. The molecule has 1 N–H and O–H groups in total. The Morgan fingerprint density at radius 3 is 2.59 bits per heavy atom. The predicted molar refractivity (Wildman–Crippen MR) is 119 cm³/mol. The highest BCUT2D eigenvalue weighted by molar-refractivity contribution is 6.46. The maximum Gasteiger partial charge on any atom is 0.295 e. The van der Waals surface area contributed by atoms with Crippen LogP contribution in [0.5, 0.6) is 5.75 Å². The highest BCUT2D eigenvalue weighted by Gasteiger charge is 2.46. The van der Waals surface area contributed by atoms with E-state index in [1.807, 2.05) is 43.3 Å². The molecule has 2 atom stereocenters. The highest BCUT2D eigenvalue weighted by atomic mass is 16.5. The van der Waals surface area contributed by atoms with Crippen molar-refractivity contribution < 1.29 is 19.4 Å². The first-order valence-corrected chi connectivity index (χ1v) is 10.5. The number of amides is 1. The summed E-state index contributed by atoms with van der Waals surface area (Å²) in [7, 11) is 0. The number of ether oxygens (including phenoxy) is 1. The molecule has 1 aromatic heterocycles. The van der Waals surface area contributed by atoms with Crippen molar-refractivity contribution in [3.05, 3.63) is 101 Å². The first-order valence-electron chi connectivity index (χ1n) is 10.5. The molecule has 0 saturated carbocycles. The van der Waals surface area contributed by atoms with E-state index < -0.39 is 17.7 Å². The van der Waals surface area contributed by atoms with Gasteiger partial charge in [0.05, 0.1) is 11.6 Å². The number of carbonyl (C=O) groups is 2. The van der Waals surface area contributed by atoms with Gasteiger partial charge < -0.3 is 14.7 Å². The van der Waals surface area contributed by atoms with E-state index in [4.69, 9.17) is 4.74 Å². The maximum atomic E-state index is 13.1. The number of carbonyl (C=O) groups excluding carboxylic acids is 2. The van der Waals surface area contributed by atoms with Crippen molar-refractivity contribution in [2.45, 2.75) is 32.0 Å². The zero-order chi connectivity index (χ0) is 22.2. The van der Waals surface area contributed by atoms with E-state index in [1.54, 1.807) is 36.7 Å². The lowest BCUT2D eigenvalue weighted by Crippen LogP contribution is -2.29. The summed E-state index contributed by atoms with van der Waals surface area (Å²) in [6.45, 7) is 2.24. The smallest absolute Gasteiger partial charge is 0.295 e. The minimum absolute atomic E-state index is 0.0654. The molecular formula is C26H22N2O4. The quantitative estimate of drug-likeness (QED) is 0.387. The van der Waals surface area contributed by atoms with Crippen LogP contribution < -0.4 is 4.74 Å². The molecule has 3 aromatic rings. The molecule has 1 saturated heterocycles. The first-order chi connectivity index (χ1) is 15.5. The molecule has 1 amide bonds. The van der Waals surface area contributed by atoms with Crippen LogP contribution in [-0.2, 0) is 22.6 Å². The molecule has 0 spiro atoms. The number of nitrogens with zero attached hydrogens (tertiary/aromatic N) is 2. The minimum atomic E-state index is -0.707. The van der Waals surface area contributed by atoms with Crippen LogP contribution in [0.3, 0.4) is 0 Å². The van der Waals surface area contributed by atoms with Crippen molar-refractivity contribution in [3.8, 4) is 5.75 Å². The number of aromatic nitrogens is 1. The Labute approximate surface area is 185 Å². The lowest BCUT2D eigenvalue weighted by atomic mass is 9.95. The topological polar surface area (TPSA) is 79.7 Å². The monoisotopic (exact) mass is 426 g/mol. The van der Waals surface area contributed by atoms with Crippen LogP contribution in [0.25, 0.3) is 5.76 Å². The van der Waals surface area contributed by atoms with E-state index in [1.165, 1.54) is 4.90 Å². The summed E-state index contributed by atoms with van der Waals surface area (Å²) < 4.78 is 5.75. The average Bonchev–Trinajstić information content (AvgIpc) is 3.31. The Kier molecular flexibility index (Phi) is 4.98. The third-order valence-corrected chi connectivity index (χ3v) is 5.93. The van der Waals surface area contributed by atoms with Crippen molar-refractivity contribution in [2.24, 2.45) is 0 Å². The number of Topliss-reactive ketones (excluding diaryl/α,β-unsaturated/α-hetero) is 1.